The standard InChI is InChI=1S/C12H23NO3/c1-15-8-9-16-10-12(14)13-11-6-4-2-3-5-7-11/h11H,2-10H2,1H3,(H,13,14). The largest absolute Gasteiger partial charge is 0.382 e. The molecule has 0 bridgehead atoms. The number of ether oxygens (including phenoxy) is 2. The minimum Gasteiger partial charge on any atom is -0.382 e. The van der Waals surface area contributed by atoms with Crippen LogP contribution in [-0.4, -0.2) is 38.9 Å². The van der Waals surface area contributed by atoms with E-state index in [9.17, 15) is 4.79 Å². The number of methoxy groups -OCH3 is 1. The van der Waals surface area contributed by atoms with Gasteiger partial charge in [-0.3, -0.25) is 4.79 Å². The van der Waals surface area contributed by atoms with Crippen molar-refractivity contribution in [2.75, 3.05) is 26.9 Å². The Kier molecular flexibility index (Phi) is 7.17. The van der Waals surface area contributed by atoms with Gasteiger partial charge in [0.1, 0.15) is 6.61 Å². The molecule has 0 aromatic heterocycles. The molecule has 0 unspecified atom stereocenters. The molecule has 0 aromatic carbocycles. The zero-order valence-electron chi connectivity index (χ0n) is 10.2. The van der Waals surface area contributed by atoms with Crippen molar-refractivity contribution in [3.05, 3.63) is 0 Å². The molecule has 1 aliphatic carbocycles. The van der Waals surface area contributed by atoms with E-state index in [2.05, 4.69) is 5.32 Å². The van der Waals surface area contributed by atoms with Crippen LogP contribution in [0, 0.1) is 0 Å². The molecule has 1 fully saturated rings. The molecule has 4 heteroatoms. The summed E-state index contributed by atoms with van der Waals surface area (Å²) in [5, 5.41) is 3.03. The van der Waals surface area contributed by atoms with Crippen molar-refractivity contribution in [3.63, 3.8) is 0 Å². The summed E-state index contributed by atoms with van der Waals surface area (Å²) >= 11 is 0. The molecular formula is C12H23NO3. The van der Waals surface area contributed by atoms with Crippen LogP contribution >= 0.6 is 0 Å². The van der Waals surface area contributed by atoms with E-state index in [-0.39, 0.29) is 12.5 Å². The summed E-state index contributed by atoms with van der Waals surface area (Å²) in [4.78, 5) is 11.5. The molecule has 1 aliphatic rings. The van der Waals surface area contributed by atoms with Crippen molar-refractivity contribution in [1.29, 1.82) is 0 Å². The number of hydrogen-bond acceptors (Lipinski definition) is 3. The van der Waals surface area contributed by atoms with Gasteiger partial charge in [0, 0.05) is 13.2 Å². The summed E-state index contributed by atoms with van der Waals surface area (Å²) in [5.41, 5.74) is 0. The lowest BCUT2D eigenvalue weighted by molar-refractivity contribution is -0.126. The molecule has 4 nitrogen and oxygen atoms in total. The Morgan fingerprint density at radius 1 is 1.19 bits per heavy atom. The van der Waals surface area contributed by atoms with Crippen LogP contribution in [0.1, 0.15) is 38.5 Å². The second-order valence-electron chi connectivity index (χ2n) is 4.30. The average molecular weight is 229 g/mol. The van der Waals surface area contributed by atoms with Crippen LogP contribution in [-0.2, 0) is 14.3 Å². The molecule has 0 aliphatic heterocycles. The molecule has 0 atom stereocenters. The number of hydrogen-bond donors (Lipinski definition) is 1. The Bertz CT molecular complexity index is 189. The predicted octanol–water partition coefficient (Wildman–Crippen LogP) is 1.49. The maximum absolute atomic E-state index is 11.5. The van der Waals surface area contributed by atoms with Crippen molar-refractivity contribution in [1.82, 2.24) is 5.32 Å². The monoisotopic (exact) mass is 229 g/mol. The molecule has 1 amide bonds. The smallest absolute Gasteiger partial charge is 0.246 e. The van der Waals surface area contributed by atoms with Crippen LogP contribution in [0.4, 0.5) is 0 Å². The van der Waals surface area contributed by atoms with Crippen LogP contribution in [0.2, 0.25) is 0 Å². The normalized spacial score (nSPS) is 18.1. The number of nitrogens with one attached hydrogen (secondary N) is 1. The highest BCUT2D eigenvalue weighted by atomic mass is 16.5. The van der Waals surface area contributed by atoms with E-state index in [1.165, 1.54) is 25.7 Å². The van der Waals surface area contributed by atoms with E-state index in [1.807, 2.05) is 0 Å². The minimum atomic E-state index is 0.00278. The van der Waals surface area contributed by atoms with E-state index >= 15 is 0 Å². The third kappa shape index (κ3) is 6.08. The van der Waals surface area contributed by atoms with Gasteiger partial charge in [0.05, 0.1) is 13.2 Å². The summed E-state index contributed by atoms with van der Waals surface area (Å²) in [6, 6.07) is 0.362. The Hall–Kier alpha value is -0.610. The maximum atomic E-state index is 11.5. The van der Waals surface area contributed by atoms with Gasteiger partial charge in [-0.05, 0) is 12.8 Å². The Balaban J connectivity index is 2.07. The highest BCUT2D eigenvalue weighted by molar-refractivity contribution is 5.77. The van der Waals surface area contributed by atoms with Gasteiger partial charge < -0.3 is 14.8 Å². The first-order valence-corrected chi connectivity index (χ1v) is 6.19. The van der Waals surface area contributed by atoms with Crippen molar-refractivity contribution in [2.24, 2.45) is 0 Å². The topological polar surface area (TPSA) is 47.6 Å². The van der Waals surface area contributed by atoms with Gasteiger partial charge in [0.15, 0.2) is 0 Å². The van der Waals surface area contributed by atoms with Gasteiger partial charge >= 0.3 is 0 Å². The van der Waals surface area contributed by atoms with E-state index < -0.39 is 0 Å². The summed E-state index contributed by atoms with van der Waals surface area (Å²) in [5.74, 6) is 0.00278. The highest BCUT2D eigenvalue weighted by Crippen LogP contribution is 2.16. The number of amides is 1. The summed E-state index contributed by atoms with van der Waals surface area (Å²) in [7, 11) is 1.62. The molecule has 94 valence electrons. The quantitative estimate of drug-likeness (QED) is 0.554. The van der Waals surface area contributed by atoms with E-state index in [1.54, 1.807) is 7.11 Å². The van der Waals surface area contributed by atoms with E-state index in [0.29, 0.717) is 19.3 Å². The van der Waals surface area contributed by atoms with Crippen molar-refractivity contribution in [3.8, 4) is 0 Å². The fraction of sp³-hybridized carbons (Fsp3) is 0.917. The number of rotatable bonds is 6. The number of carbonyl (C=O) groups excluding carboxylic acids is 1. The fourth-order valence-corrected chi connectivity index (χ4v) is 2.00. The van der Waals surface area contributed by atoms with Gasteiger partial charge in [-0.25, -0.2) is 0 Å². The fourth-order valence-electron chi connectivity index (χ4n) is 2.00. The summed E-state index contributed by atoms with van der Waals surface area (Å²) in [6.45, 7) is 1.17. The van der Waals surface area contributed by atoms with Crippen LogP contribution in [0.3, 0.4) is 0 Å². The average Bonchev–Trinajstić information content (AvgIpc) is 2.53. The highest BCUT2D eigenvalue weighted by Gasteiger charge is 2.14. The molecule has 1 rings (SSSR count). The lowest BCUT2D eigenvalue weighted by Crippen LogP contribution is -2.37. The van der Waals surface area contributed by atoms with Crippen LogP contribution in [0.25, 0.3) is 0 Å². The summed E-state index contributed by atoms with van der Waals surface area (Å²) in [6.07, 6.45) is 7.30. The molecule has 1 N–H and O–H groups in total. The molecule has 1 saturated carbocycles. The predicted molar refractivity (Wildman–Crippen MR) is 62.3 cm³/mol. The zero-order valence-corrected chi connectivity index (χ0v) is 10.2. The zero-order chi connectivity index (χ0) is 11.6. The molecule has 0 saturated heterocycles. The van der Waals surface area contributed by atoms with Gasteiger partial charge in [-0.1, -0.05) is 25.7 Å². The van der Waals surface area contributed by atoms with Gasteiger partial charge in [-0.15, -0.1) is 0 Å². The third-order valence-electron chi connectivity index (χ3n) is 2.89. The minimum absolute atomic E-state index is 0.00278. The molecule has 0 heterocycles. The SMILES string of the molecule is COCCOCC(=O)NC1CCCCCC1. The molecule has 0 radical (unpaired) electrons. The maximum Gasteiger partial charge on any atom is 0.246 e. The van der Waals surface area contributed by atoms with Crippen molar-refractivity contribution >= 4 is 5.91 Å². The van der Waals surface area contributed by atoms with Crippen LogP contribution < -0.4 is 5.32 Å². The Morgan fingerprint density at radius 2 is 1.88 bits per heavy atom. The van der Waals surface area contributed by atoms with E-state index in [0.717, 1.165) is 12.8 Å². The molecule has 0 aromatic rings. The van der Waals surface area contributed by atoms with Gasteiger partial charge in [0.25, 0.3) is 0 Å². The van der Waals surface area contributed by atoms with Gasteiger partial charge in [-0.2, -0.15) is 0 Å². The van der Waals surface area contributed by atoms with Crippen molar-refractivity contribution < 1.29 is 14.3 Å². The molecule has 0 spiro atoms. The lowest BCUT2D eigenvalue weighted by Gasteiger charge is -2.16. The molecular weight excluding hydrogens is 206 g/mol. The Morgan fingerprint density at radius 3 is 2.50 bits per heavy atom. The van der Waals surface area contributed by atoms with Gasteiger partial charge in [0.2, 0.25) is 5.91 Å². The second kappa shape index (κ2) is 8.53. The first kappa shape index (κ1) is 13.5. The first-order valence-electron chi connectivity index (χ1n) is 6.19. The van der Waals surface area contributed by atoms with Crippen LogP contribution in [0.15, 0.2) is 0 Å². The first-order chi connectivity index (χ1) is 7.83. The second-order valence-corrected chi connectivity index (χ2v) is 4.30. The van der Waals surface area contributed by atoms with Crippen molar-refractivity contribution in [2.45, 2.75) is 44.6 Å². The number of carbonyl (C=O) groups is 1. The van der Waals surface area contributed by atoms with E-state index in [4.69, 9.17) is 9.47 Å². The lowest BCUT2D eigenvalue weighted by atomic mass is 10.1. The third-order valence-corrected chi connectivity index (χ3v) is 2.89. The Labute approximate surface area is 97.7 Å². The summed E-state index contributed by atoms with van der Waals surface area (Å²) < 4.78 is 10.0. The molecule has 16 heavy (non-hydrogen) atoms. The van der Waals surface area contributed by atoms with Crippen LogP contribution in [0.5, 0.6) is 0 Å².